The van der Waals surface area contributed by atoms with E-state index in [-0.39, 0.29) is 11.9 Å². The largest absolute Gasteiger partial charge is 0.493 e. The van der Waals surface area contributed by atoms with E-state index in [1.807, 2.05) is 6.92 Å². The Morgan fingerprint density at radius 2 is 1.90 bits per heavy atom. The van der Waals surface area contributed by atoms with Crippen molar-refractivity contribution in [1.29, 1.82) is 0 Å². The SMILES string of the molecule is CCOc1cc2nc(Nc3c(Cl)cccc3Cl)[nH]c2cc1C(=O)NC1CCC(C)CC1. The average Bonchev–Trinajstić information content (AvgIpc) is 3.13. The quantitative estimate of drug-likeness (QED) is 0.401. The molecule has 31 heavy (non-hydrogen) atoms. The summed E-state index contributed by atoms with van der Waals surface area (Å²) in [5.41, 5.74) is 2.46. The summed E-state index contributed by atoms with van der Waals surface area (Å²) < 4.78 is 5.76. The summed E-state index contributed by atoms with van der Waals surface area (Å²) in [6, 6.07) is 9.05. The van der Waals surface area contributed by atoms with Crippen molar-refractivity contribution >= 4 is 51.8 Å². The molecule has 2 aromatic carbocycles. The third-order valence-electron chi connectivity index (χ3n) is 5.68. The number of aromatic nitrogens is 2. The molecule has 1 amide bonds. The Morgan fingerprint density at radius 1 is 1.19 bits per heavy atom. The number of para-hydroxylation sites is 1. The summed E-state index contributed by atoms with van der Waals surface area (Å²) in [4.78, 5) is 20.8. The molecule has 3 aromatic rings. The molecule has 0 bridgehead atoms. The zero-order valence-electron chi connectivity index (χ0n) is 17.6. The highest BCUT2D eigenvalue weighted by Crippen LogP contribution is 2.33. The van der Waals surface area contributed by atoms with Crippen LogP contribution in [0.4, 0.5) is 11.6 Å². The molecule has 1 aromatic heterocycles. The van der Waals surface area contributed by atoms with Gasteiger partial charge in [-0.1, -0.05) is 36.2 Å². The molecule has 3 N–H and O–H groups in total. The van der Waals surface area contributed by atoms with Gasteiger partial charge in [0, 0.05) is 12.1 Å². The van der Waals surface area contributed by atoms with E-state index in [0.717, 1.165) is 37.1 Å². The number of halogens is 2. The number of amides is 1. The van der Waals surface area contributed by atoms with Gasteiger partial charge in [-0.3, -0.25) is 4.79 Å². The van der Waals surface area contributed by atoms with Crippen molar-refractivity contribution in [2.24, 2.45) is 5.92 Å². The lowest BCUT2D eigenvalue weighted by molar-refractivity contribution is 0.0919. The number of fused-ring (bicyclic) bond motifs is 1. The number of carbonyl (C=O) groups excluding carboxylic acids is 1. The maximum Gasteiger partial charge on any atom is 0.255 e. The van der Waals surface area contributed by atoms with Crippen LogP contribution >= 0.6 is 23.2 Å². The zero-order valence-corrected chi connectivity index (χ0v) is 19.1. The number of rotatable bonds is 6. The first-order valence-electron chi connectivity index (χ1n) is 10.6. The molecule has 0 unspecified atom stereocenters. The van der Waals surface area contributed by atoms with Crippen molar-refractivity contribution in [2.75, 3.05) is 11.9 Å². The van der Waals surface area contributed by atoms with E-state index in [9.17, 15) is 4.79 Å². The minimum Gasteiger partial charge on any atom is -0.493 e. The van der Waals surface area contributed by atoms with E-state index < -0.39 is 0 Å². The second kappa shape index (κ2) is 9.37. The second-order valence-corrected chi connectivity index (χ2v) is 8.85. The lowest BCUT2D eigenvalue weighted by Gasteiger charge is -2.27. The maximum absolute atomic E-state index is 13.0. The Labute approximate surface area is 191 Å². The van der Waals surface area contributed by atoms with Crippen LogP contribution in [-0.2, 0) is 0 Å². The fourth-order valence-electron chi connectivity index (χ4n) is 3.95. The average molecular weight is 461 g/mol. The fourth-order valence-corrected chi connectivity index (χ4v) is 4.44. The van der Waals surface area contributed by atoms with E-state index in [1.54, 1.807) is 30.3 Å². The summed E-state index contributed by atoms with van der Waals surface area (Å²) in [7, 11) is 0. The summed E-state index contributed by atoms with van der Waals surface area (Å²) >= 11 is 12.5. The van der Waals surface area contributed by atoms with Crippen LogP contribution in [0.25, 0.3) is 11.0 Å². The zero-order chi connectivity index (χ0) is 22.0. The summed E-state index contributed by atoms with van der Waals surface area (Å²) in [6.45, 7) is 4.61. The maximum atomic E-state index is 13.0. The highest BCUT2D eigenvalue weighted by Gasteiger charge is 2.23. The molecule has 4 rings (SSSR count). The molecule has 1 aliphatic carbocycles. The minimum atomic E-state index is -0.122. The molecule has 0 aliphatic heterocycles. The molecular weight excluding hydrogens is 435 g/mol. The van der Waals surface area contributed by atoms with Crippen LogP contribution in [0.5, 0.6) is 5.75 Å². The van der Waals surface area contributed by atoms with Crippen molar-refractivity contribution in [3.05, 3.63) is 45.9 Å². The third-order valence-corrected chi connectivity index (χ3v) is 6.31. The van der Waals surface area contributed by atoms with Gasteiger partial charge in [-0.15, -0.1) is 0 Å². The third kappa shape index (κ3) is 4.91. The first kappa shape index (κ1) is 21.8. The number of nitrogens with zero attached hydrogens (tertiary/aromatic N) is 1. The van der Waals surface area contributed by atoms with Crippen LogP contribution in [0.1, 0.15) is 49.9 Å². The molecule has 164 valence electrons. The number of hydrogen-bond acceptors (Lipinski definition) is 4. The highest BCUT2D eigenvalue weighted by atomic mass is 35.5. The Hall–Kier alpha value is -2.44. The van der Waals surface area contributed by atoms with Crippen molar-refractivity contribution in [1.82, 2.24) is 15.3 Å². The topological polar surface area (TPSA) is 79.0 Å². The van der Waals surface area contributed by atoms with Crippen LogP contribution in [0.3, 0.4) is 0 Å². The van der Waals surface area contributed by atoms with Gasteiger partial charge >= 0.3 is 0 Å². The van der Waals surface area contributed by atoms with Gasteiger partial charge in [0.15, 0.2) is 0 Å². The van der Waals surface area contributed by atoms with Crippen molar-refractivity contribution < 1.29 is 9.53 Å². The molecular formula is C23H26Cl2N4O2. The van der Waals surface area contributed by atoms with Crippen LogP contribution in [-0.4, -0.2) is 28.5 Å². The van der Waals surface area contributed by atoms with E-state index in [0.29, 0.717) is 45.1 Å². The number of ether oxygens (including phenoxy) is 1. The minimum absolute atomic E-state index is 0.122. The second-order valence-electron chi connectivity index (χ2n) is 8.04. The first-order valence-corrected chi connectivity index (χ1v) is 11.4. The van der Waals surface area contributed by atoms with Gasteiger partial charge in [0.05, 0.1) is 38.9 Å². The molecule has 0 spiro atoms. The number of aromatic amines is 1. The number of hydrogen-bond donors (Lipinski definition) is 3. The Bertz CT molecular complexity index is 1070. The molecule has 6 nitrogen and oxygen atoms in total. The van der Waals surface area contributed by atoms with Gasteiger partial charge in [-0.2, -0.15) is 0 Å². The van der Waals surface area contributed by atoms with Crippen LogP contribution < -0.4 is 15.4 Å². The van der Waals surface area contributed by atoms with Crippen molar-refractivity contribution in [3.8, 4) is 5.75 Å². The molecule has 0 atom stereocenters. The lowest BCUT2D eigenvalue weighted by atomic mass is 9.87. The molecule has 1 fully saturated rings. The summed E-state index contributed by atoms with van der Waals surface area (Å²) in [5.74, 6) is 1.60. The van der Waals surface area contributed by atoms with Gasteiger partial charge < -0.3 is 20.4 Å². The Balaban J connectivity index is 1.61. The smallest absolute Gasteiger partial charge is 0.255 e. The van der Waals surface area contributed by atoms with Crippen LogP contribution in [0, 0.1) is 5.92 Å². The molecule has 1 aliphatic rings. The van der Waals surface area contributed by atoms with E-state index in [1.165, 1.54) is 0 Å². The van der Waals surface area contributed by atoms with Crippen LogP contribution in [0.15, 0.2) is 30.3 Å². The predicted octanol–water partition coefficient (Wildman–Crippen LogP) is 6.32. The fraction of sp³-hybridized carbons (Fsp3) is 0.391. The first-order chi connectivity index (χ1) is 14.9. The normalized spacial score (nSPS) is 18.7. The van der Waals surface area contributed by atoms with Gasteiger partial charge in [0.1, 0.15) is 5.75 Å². The number of imidazole rings is 1. The number of carbonyl (C=O) groups is 1. The molecule has 0 saturated heterocycles. The predicted molar refractivity (Wildman–Crippen MR) is 126 cm³/mol. The standard InChI is InChI=1S/C23H26Cl2N4O2/c1-3-31-20-12-19-18(11-15(20)22(30)26-14-9-7-13(2)8-10-14)27-23(28-19)29-21-16(24)5-4-6-17(21)25/h4-6,11-14H,3,7-10H2,1-2H3,(H,26,30)(H2,27,28,29). The molecule has 0 radical (unpaired) electrons. The number of nitrogens with one attached hydrogen (secondary N) is 3. The molecule has 8 heteroatoms. The number of benzene rings is 2. The van der Waals surface area contributed by atoms with Crippen molar-refractivity contribution in [3.63, 3.8) is 0 Å². The van der Waals surface area contributed by atoms with Crippen molar-refractivity contribution in [2.45, 2.75) is 45.6 Å². The monoisotopic (exact) mass is 460 g/mol. The van der Waals surface area contributed by atoms with E-state index in [4.69, 9.17) is 27.9 Å². The number of anilines is 2. The number of H-pyrrole nitrogens is 1. The Morgan fingerprint density at radius 3 is 2.58 bits per heavy atom. The summed E-state index contributed by atoms with van der Waals surface area (Å²) in [6.07, 6.45) is 4.30. The summed E-state index contributed by atoms with van der Waals surface area (Å²) in [5, 5.41) is 7.29. The Kier molecular flexibility index (Phi) is 6.58. The van der Waals surface area contributed by atoms with Gasteiger partial charge in [-0.25, -0.2) is 4.98 Å². The highest BCUT2D eigenvalue weighted by molar-refractivity contribution is 6.39. The van der Waals surface area contributed by atoms with Crippen LogP contribution in [0.2, 0.25) is 10.0 Å². The van der Waals surface area contributed by atoms with Gasteiger partial charge in [0.2, 0.25) is 5.95 Å². The van der Waals surface area contributed by atoms with Gasteiger partial charge in [0.25, 0.3) is 5.91 Å². The van der Waals surface area contributed by atoms with E-state index in [2.05, 4.69) is 27.5 Å². The lowest BCUT2D eigenvalue weighted by Crippen LogP contribution is -2.37. The van der Waals surface area contributed by atoms with E-state index >= 15 is 0 Å². The molecule has 1 saturated carbocycles. The van der Waals surface area contributed by atoms with Gasteiger partial charge in [-0.05, 0) is 56.7 Å². The molecule has 1 heterocycles.